The number of pyridine rings is 1. The van der Waals surface area contributed by atoms with Gasteiger partial charge in [-0.3, -0.25) is 9.78 Å². The molecule has 0 aliphatic rings. The molecule has 1 heterocycles. The molecular weight excluding hydrogens is 214 g/mol. The number of carbonyl (C=O) groups excluding carboxylic acids is 1. The Hall–Kier alpha value is -1.74. The van der Waals surface area contributed by atoms with Gasteiger partial charge >= 0.3 is 0 Å². The Balaban J connectivity index is 2.15. The zero-order valence-corrected chi connectivity index (χ0v) is 9.85. The minimum absolute atomic E-state index is 0.0178. The molecule has 3 heteroatoms. The van der Waals surface area contributed by atoms with E-state index in [1.165, 1.54) is 0 Å². The van der Waals surface area contributed by atoms with Crippen LogP contribution in [0, 0.1) is 0 Å². The molecular formula is C14H15NO2. The molecule has 0 atom stereocenters. The quantitative estimate of drug-likeness (QED) is 0.584. The van der Waals surface area contributed by atoms with Crippen LogP contribution in [0.3, 0.4) is 0 Å². The second kappa shape index (κ2) is 5.55. The number of ether oxygens (including phenoxy) is 1. The molecule has 2 rings (SSSR count). The van der Waals surface area contributed by atoms with E-state index in [4.69, 9.17) is 4.74 Å². The Morgan fingerprint density at radius 1 is 1.35 bits per heavy atom. The molecule has 0 unspecified atom stereocenters. The first kappa shape index (κ1) is 11.7. The molecule has 17 heavy (non-hydrogen) atoms. The molecule has 0 aliphatic heterocycles. The maximum Gasteiger partial charge on any atom is 0.188 e. The van der Waals surface area contributed by atoms with Crippen molar-refractivity contribution in [2.75, 3.05) is 13.2 Å². The summed E-state index contributed by atoms with van der Waals surface area (Å²) in [6.45, 7) is 2.80. The fraction of sp³-hybridized carbons (Fsp3) is 0.286. The van der Waals surface area contributed by atoms with Gasteiger partial charge in [-0.15, -0.1) is 0 Å². The average molecular weight is 229 g/mol. The molecule has 0 fully saturated rings. The SMILES string of the molecule is CCCOCC(=O)c1ccc2ncccc2c1. The van der Waals surface area contributed by atoms with Crippen molar-refractivity contribution in [1.29, 1.82) is 0 Å². The van der Waals surface area contributed by atoms with Crippen LogP contribution in [0.5, 0.6) is 0 Å². The average Bonchev–Trinajstić information content (AvgIpc) is 2.38. The van der Waals surface area contributed by atoms with Crippen molar-refractivity contribution < 1.29 is 9.53 Å². The lowest BCUT2D eigenvalue weighted by atomic mass is 10.1. The number of Topliss-reactive ketones (excluding diaryl/α,β-unsaturated/α-hetero) is 1. The van der Waals surface area contributed by atoms with Crippen LogP contribution in [0.25, 0.3) is 10.9 Å². The van der Waals surface area contributed by atoms with Gasteiger partial charge in [-0.1, -0.05) is 13.0 Å². The van der Waals surface area contributed by atoms with E-state index in [2.05, 4.69) is 4.98 Å². The number of ketones is 1. The number of hydrogen-bond donors (Lipinski definition) is 0. The molecule has 0 radical (unpaired) electrons. The maximum atomic E-state index is 11.8. The predicted molar refractivity (Wildman–Crippen MR) is 67.2 cm³/mol. The highest BCUT2D eigenvalue weighted by molar-refractivity contribution is 6.00. The molecule has 1 aromatic heterocycles. The fourth-order valence-corrected chi connectivity index (χ4v) is 1.64. The van der Waals surface area contributed by atoms with Crippen molar-refractivity contribution in [3.8, 4) is 0 Å². The number of carbonyl (C=O) groups is 1. The van der Waals surface area contributed by atoms with Crippen LogP contribution in [0.15, 0.2) is 36.5 Å². The Morgan fingerprint density at radius 3 is 3.06 bits per heavy atom. The van der Waals surface area contributed by atoms with Crippen LogP contribution in [-0.2, 0) is 4.74 Å². The Morgan fingerprint density at radius 2 is 2.24 bits per heavy atom. The maximum absolute atomic E-state index is 11.8. The number of aromatic nitrogens is 1. The lowest BCUT2D eigenvalue weighted by Crippen LogP contribution is -2.09. The van der Waals surface area contributed by atoms with Gasteiger partial charge in [0, 0.05) is 23.8 Å². The summed E-state index contributed by atoms with van der Waals surface area (Å²) >= 11 is 0. The van der Waals surface area contributed by atoms with Gasteiger partial charge in [-0.05, 0) is 30.7 Å². The molecule has 0 N–H and O–H groups in total. The molecule has 0 bridgehead atoms. The van der Waals surface area contributed by atoms with Crippen molar-refractivity contribution in [3.05, 3.63) is 42.1 Å². The normalized spacial score (nSPS) is 10.6. The molecule has 1 aromatic carbocycles. The van der Waals surface area contributed by atoms with Crippen molar-refractivity contribution in [1.82, 2.24) is 4.98 Å². The third-order valence-corrected chi connectivity index (χ3v) is 2.51. The van der Waals surface area contributed by atoms with Gasteiger partial charge in [0.2, 0.25) is 0 Å². The second-order valence-electron chi connectivity index (χ2n) is 3.89. The molecule has 0 spiro atoms. The third-order valence-electron chi connectivity index (χ3n) is 2.51. The number of benzene rings is 1. The first-order valence-electron chi connectivity index (χ1n) is 5.77. The van der Waals surface area contributed by atoms with Crippen LogP contribution in [0.4, 0.5) is 0 Å². The molecule has 3 nitrogen and oxygen atoms in total. The Kier molecular flexibility index (Phi) is 3.83. The van der Waals surface area contributed by atoms with Gasteiger partial charge in [-0.2, -0.15) is 0 Å². The van der Waals surface area contributed by atoms with Gasteiger partial charge in [0.05, 0.1) is 5.52 Å². The predicted octanol–water partition coefficient (Wildman–Crippen LogP) is 2.84. The zero-order chi connectivity index (χ0) is 12.1. The van der Waals surface area contributed by atoms with E-state index >= 15 is 0 Å². The first-order valence-corrected chi connectivity index (χ1v) is 5.77. The van der Waals surface area contributed by atoms with E-state index in [-0.39, 0.29) is 12.4 Å². The van der Waals surface area contributed by atoms with Crippen molar-refractivity contribution in [3.63, 3.8) is 0 Å². The molecule has 0 amide bonds. The molecule has 0 aliphatic carbocycles. The van der Waals surface area contributed by atoms with Gasteiger partial charge in [-0.25, -0.2) is 0 Å². The van der Waals surface area contributed by atoms with Crippen LogP contribution >= 0.6 is 0 Å². The van der Waals surface area contributed by atoms with E-state index in [9.17, 15) is 4.79 Å². The molecule has 0 saturated heterocycles. The minimum Gasteiger partial charge on any atom is -0.373 e. The van der Waals surface area contributed by atoms with Gasteiger partial charge in [0.25, 0.3) is 0 Å². The zero-order valence-electron chi connectivity index (χ0n) is 9.85. The Labute approximate surface area is 100 Å². The highest BCUT2D eigenvalue weighted by Crippen LogP contribution is 2.13. The van der Waals surface area contributed by atoms with Crippen LogP contribution in [-0.4, -0.2) is 24.0 Å². The highest BCUT2D eigenvalue weighted by atomic mass is 16.5. The largest absolute Gasteiger partial charge is 0.373 e. The van der Waals surface area contributed by atoms with Crippen molar-refractivity contribution >= 4 is 16.7 Å². The lowest BCUT2D eigenvalue weighted by Gasteiger charge is -2.03. The summed E-state index contributed by atoms with van der Waals surface area (Å²) in [6, 6.07) is 9.34. The number of nitrogens with zero attached hydrogens (tertiary/aromatic N) is 1. The van der Waals surface area contributed by atoms with Gasteiger partial charge in [0.15, 0.2) is 5.78 Å². The molecule has 2 aromatic rings. The summed E-state index contributed by atoms with van der Waals surface area (Å²) in [4.78, 5) is 16.0. The van der Waals surface area contributed by atoms with E-state index in [1.807, 2.05) is 31.2 Å². The standard InChI is InChI=1S/C14H15NO2/c1-2-8-17-10-14(16)12-5-6-13-11(9-12)4-3-7-15-13/h3-7,9H,2,8,10H2,1H3. The van der Waals surface area contributed by atoms with Crippen LogP contribution < -0.4 is 0 Å². The van der Waals surface area contributed by atoms with Crippen LogP contribution in [0.1, 0.15) is 23.7 Å². The number of rotatable bonds is 5. The summed E-state index contributed by atoms with van der Waals surface area (Å²) in [5.41, 5.74) is 1.58. The van der Waals surface area contributed by atoms with Crippen molar-refractivity contribution in [2.45, 2.75) is 13.3 Å². The summed E-state index contributed by atoms with van der Waals surface area (Å²) < 4.78 is 5.25. The van der Waals surface area contributed by atoms with Crippen LogP contribution in [0.2, 0.25) is 0 Å². The first-order chi connectivity index (χ1) is 8.31. The van der Waals surface area contributed by atoms with Gasteiger partial charge < -0.3 is 4.74 Å². The van der Waals surface area contributed by atoms with Crippen molar-refractivity contribution in [2.24, 2.45) is 0 Å². The summed E-state index contributed by atoms with van der Waals surface area (Å²) in [6.07, 6.45) is 2.67. The lowest BCUT2D eigenvalue weighted by molar-refractivity contribution is 0.0761. The smallest absolute Gasteiger partial charge is 0.188 e. The third kappa shape index (κ3) is 2.88. The summed E-state index contributed by atoms with van der Waals surface area (Å²) in [5, 5.41) is 0.980. The topological polar surface area (TPSA) is 39.2 Å². The second-order valence-corrected chi connectivity index (χ2v) is 3.89. The van der Waals surface area contributed by atoms with Gasteiger partial charge in [0.1, 0.15) is 6.61 Å². The number of fused-ring (bicyclic) bond motifs is 1. The molecule has 0 saturated carbocycles. The Bertz CT molecular complexity index is 522. The summed E-state index contributed by atoms with van der Waals surface area (Å²) in [7, 11) is 0. The van der Waals surface area contributed by atoms with E-state index in [0.29, 0.717) is 12.2 Å². The summed E-state index contributed by atoms with van der Waals surface area (Å²) in [5.74, 6) is 0.0178. The molecule has 88 valence electrons. The van der Waals surface area contributed by atoms with E-state index < -0.39 is 0 Å². The highest BCUT2D eigenvalue weighted by Gasteiger charge is 2.06. The fourth-order valence-electron chi connectivity index (χ4n) is 1.64. The monoisotopic (exact) mass is 229 g/mol. The minimum atomic E-state index is 0.0178. The van der Waals surface area contributed by atoms with E-state index in [0.717, 1.165) is 17.3 Å². The number of hydrogen-bond acceptors (Lipinski definition) is 3. The van der Waals surface area contributed by atoms with E-state index in [1.54, 1.807) is 12.3 Å².